The summed E-state index contributed by atoms with van der Waals surface area (Å²) in [5.74, 6) is 2.34. The molecule has 12 heavy (non-hydrogen) atoms. The largest absolute Gasteiger partial charge is 0.261 e. The summed E-state index contributed by atoms with van der Waals surface area (Å²) in [6.07, 6.45) is 3.22. The highest BCUT2D eigenvalue weighted by Gasteiger charge is 1.92. The zero-order valence-electron chi connectivity index (χ0n) is 7.71. The number of hydrogen-bond acceptors (Lipinski definition) is 2. The highest BCUT2D eigenvalue weighted by atomic mass is 32.2. The molecule has 1 heterocycles. The summed E-state index contributed by atoms with van der Waals surface area (Å²) in [5.41, 5.74) is 2.43. The van der Waals surface area contributed by atoms with E-state index in [-0.39, 0.29) is 0 Å². The molecule has 2 heteroatoms. The molecule has 0 aliphatic heterocycles. The molecule has 0 N–H and O–H groups in total. The van der Waals surface area contributed by atoms with Gasteiger partial charge in [0.1, 0.15) is 0 Å². The molecule has 1 aromatic heterocycles. The van der Waals surface area contributed by atoms with Crippen LogP contribution in [0, 0.1) is 6.92 Å². The predicted octanol–water partition coefficient (Wildman–Crippen LogP) is 3.03. The number of nitrogens with zero attached hydrogens (tertiary/aromatic N) is 1. The van der Waals surface area contributed by atoms with Crippen molar-refractivity contribution in [3.8, 4) is 0 Å². The van der Waals surface area contributed by atoms with E-state index in [9.17, 15) is 0 Å². The molecule has 0 bridgehead atoms. The lowest BCUT2D eigenvalue weighted by Gasteiger charge is -1.99. The van der Waals surface area contributed by atoms with Crippen LogP contribution in [0.5, 0.6) is 0 Å². The van der Waals surface area contributed by atoms with Gasteiger partial charge in [-0.05, 0) is 30.7 Å². The van der Waals surface area contributed by atoms with E-state index < -0.39 is 0 Å². The molecule has 0 amide bonds. The van der Waals surface area contributed by atoms with Gasteiger partial charge in [0.15, 0.2) is 0 Å². The average Bonchev–Trinajstić information content (AvgIpc) is 2.09. The third-order valence-electron chi connectivity index (χ3n) is 1.59. The summed E-state index contributed by atoms with van der Waals surface area (Å²) in [4.78, 5) is 4.24. The van der Waals surface area contributed by atoms with E-state index in [4.69, 9.17) is 0 Å². The van der Waals surface area contributed by atoms with Crippen LogP contribution >= 0.6 is 11.8 Å². The van der Waals surface area contributed by atoms with Crippen LogP contribution in [0.4, 0.5) is 0 Å². The molecule has 0 unspecified atom stereocenters. The quantitative estimate of drug-likeness (QED) is 0.662. The smallest absolute Gasteiger partial charge is 0.0372 e. The third-order valence-corrected chi connectivity index (χ3v) is 2.82. The van der Waals surface area contributed by atoms with E-state index in [0.29, 0.717) is 0 Å². The Morgan fingerprint density at radius 3 is 2.83 bits per heavy atom. The lowest BCUT2D eigenvalue weighted by Crippen LogP contribution is -1.85. The van der Waals surface area contributed by atoms with Crippen LogP contribution < -0.4 is 0 Å². The van der Waals surface area contributed by atoms with Crippen molar-refractivity contribution in [1.82, 2.24) is 4.98 Å². The number of pyridine rings is 1. The molecule has 1 aromatic rings. The van der Waals surface area contributed by atoms with Crippen LogP contribution in [0.1, 0.15) is 24.6 Å². The standard InChI is InChI=1S/C10H15NS/c1-3-6-12-8-10-5-4-9(2)11-7-10/h4-5,7H,3,6,8H2,1-2H3. The molecular weight excluding hydrogens is 166 g/mol. The van der Waals surface area contributed by atoms with Gasteiger partial charge in [0.25, 0.3) is 0 Å². The second-order valence-corrected chi connectivity index (χ2v) is 3.97. The van der Waals surface area contributed by atoms with Gasteiger partial charge in [0, 0.05) is 17.6 Å². The fourth-order valence-corrected chi connectivity index (χ4v) is 1.76. The van der Waals surface area contributed by atoms with E-state index in [2.05, 4.69) is 24.0 Å². The SMILES string of the molecule is CCCSCc1ccc(C)nc1. The summed E-state index contributed by atoms with van der Waals surface area (Å²) in [7, 11) is 0. The maximum absolute atomic E-state index is 4.24. The number of hydrogen-bond donors (Lipinski definition) is 0. The van der Waals surface area contributed by atoms with Crippen molar-refractivity contribution in [2.45, 2.75) is 26.0 Å². The molecule has 0 aromatic carbocycles. The number of aryl methyl sites for hydroxylation is 1. The van der Waals surface area contributed by atoms with Crippen LogP contribution in [0.15, 0.2) is 18.3 Å². The Kier molecular flexibility index (Phi) is 4.15. The maximum Gasteiger partial charge on any atom is 0.0372 e. The van der Waals surface area contributed by atoms with Crippen molar-refractivity contribution < 1.29 is 0 Å². The van der Waals surface area contributed by atoms with Gasteiger partial charge in [0.2, 0.25) is 0 Å². The molecule has 0 atom stereocenters. The minimum atomic E-state index is 1.10. The molecule has 0 fully saturated rings. The summed E-state index contributed by atoms with van der Waals surface area (Å²) in [6, 6.07) is 4.23. The van der Waals surface area contributed by atoms with Gasteiger partial charge in [-0.25, -0.2) is 0 Å². The Morgan fingerprint density at radius 1 is 1.42 bits per heavy atom. The van der Waals surface area contributed by atoms with Crippen molar-refractivity contribution in [2.24, 2.45) is 0 Å². The highest BCUT2D eigenvalue weighted by molar-refractivity contribution is 7.98. The zero-order chi connectivity index (χ0) is 8.81. The average molecular weight is 181 g/mol. The lowest BCUT2D eigenvalue weighted by atomic mass is 10.3. The molecule has 1 nitrogen and oxygen atoms in total. The molecule has 0 radical (unpaired) electrons. The Balaban J connectivity index is 2.37. The van der Waals surface area contributed by atoms with Gasteiger partial charge in [-0.1, -0.05) is 13.0 Å². The van der Waals surface area contributed by atoms with E-state index in [1.807, 2.05) is 24.9 Å². The Bertz CT molecular complexity index is 218. The fraction of sp³-hybridized carbons (Fsp3) is 0.500. The molecule has 0 saturated heterocycles. The van der Waals surface area contributed by atoms with E-state index >= 15 is 0 Å². The first-order valence-corrected chi connectivity index (χ1v) is 5.47. The van der Waals surface area contributed by atoms with Crippen molar-refractivity contribution in [3.63, 3.8) is 0 Å². The summed E-state index contributed by atoms with van der Waals surface area (Å²) < 4.78 is 0. The van der Waals surface area contributed by atoms with Gasteiger partial charge in [-0.2, -0.15) is 11.8 Å². The first-order chi connectivity index (χ1) is 5.83. The minimum absolute atomic E-state index is 1.10. The van der Waals surface area contributed by atoms with Crippen LogP contribution in [0.2, 0.25) is 0 Å². The number of rotatable bonds is 4. The van der Waals surface area contributed by atoms with Crippen LogP contribution in [0.25, 0.3) is 0 Å². The van der Waals surface area contributed by atoms with Gasteiger partial charge >= 0.3 is 0 Å². The molecule has 66 valence electrons. The van der Waals surface area contributed by atoms with E-state index in [0.717, 1.165) is 11.4 Å². The van der Waals surface area contributed by atoms with Crippen LogP contribution in [-0.4, -0.2) is 10.7 Å². The summed E-state index contributed by atoms with van der Waals surface area (Å²) in [5, 5.41) is 0. The van der Waals surface area contributed by atoms with Crippen molar-refractivity contribution in [3.05, 3.63) is 29.6 Å². The van der Waals surface area contributed by atoms with Crippen molar-refractivity contribution in [2.75, 3.05) is 5.75 Å². The highest BCUT2D eigenvalue weighted by Crippen LogP contribution is 2.11. The van der Waals surface area contributed by atoms with Crippen molar-refractivity contribution >= 4 is 11.8 Å². The van der Waals surface area contributed by atoms with E-state index in [1.54, 1.807) is 0 Å². The van der Waals surface area contributed by atoms with Gasteiger partial charge in [-0.3, -0.25) is 4.98 Å². The van der Waals surface area contributed by atoms with Crippen molar-refractivity contribution in [1.29, 1.82) is 0 Å². The monoisotopic (exact) mass is 181 g/mol. The molecule has 0 aliphatic rings. The topological polar surface area (TPSA) is 12.9 Å². The maximum atomic E-state index is 4.24. The second kappa shape index (κ2) is 5.20. The summed E-state index contributed by atoms with van der Waals surface area (Å²) >= 11 is 1.97. The molecule has 1 rings (SSSR count). The number of aromatic nitrogens is 1. The Hall–Kier alpha value is -0.500. The normalized spacial score (nSPS) is 10.2. The predicted molar refractivity (Wildman–Crippen MR) is 55.4 cm³/mol. The zero-order valence-corrected chi connectivity index (χ0v) is 8.53. The molecular formula is C10H15NS. The lowest BCUT2D eigenvalue weighted by molar-refractivity contribution is 1.10. The van der Waals surface area contributed by atoms with Gasteiger partial charge < -0.3 is 0 Å². The Morgan fingerprint density at radius 2 is 2.25 bits per heavy atom. The first kappa shape index (κ1) is 9.59. The first-order valence-electron chi connectivity index (χ1n) is 4.32. The summed E-state index contributed by atoms with van der Waals surface area (Å²) in [6.45, 7) is 4.23. The Labute approximate surface area is 78.6 Å². The van der Waals surface area contributed by atoms with Gasteiger partial charge in [0.05, 0.1) is 0 Å². The third kappa shape index (κ3) is 3.26. The number of thioether (sulfide) groups is 1. The van der Waals surface area contributed by atoms with Gasteiger partial charge in [-0.15, -0.1) is 0 Å². The van der Waals surface area contributed by atoms with E-state index in [1.165, 1.54) is 17.7 Å². The second-order valence-electron chi connectivity index (χ2n) is 2.86. The molecule has 0 saturated carbocycles. The molecule has 0 spiro atoms. The van der Waals surface area contributed by atoms with Crippen LogP contribution in [-0.2, 0) is 5.75 Å². The molecule has 0 aliphatic carbocycles. The van der Waals surface area contributed by atoms with Crippen LogP contribution in [0.3, 0.4) is 0 Å². The minimum Gasteiger partial charge on any atom is -0.261 e. The fourth-order valence-electron chi connectivity index (χ4n) is 0.918.